The molecule has 0 radical (unpaired) electrons. The van der Waals surface area contributed by atoms with Crippen LogP contribution in [0.1, 0.15) is 18.5 Å². The molecule has 1 unspecified atom stereocenters. The van der Waals surface area contributed by atoms with E-state index in [9.17, 15) is 0 Å². The molecule has 8 heteroatoms. The molecule has 1 atom stereocenters. The summed E-state index contributed by atoms with van der Waals surface area (Å²) in [5.74, 6) is 2.38. The molecule has 2 aliphatic heterocycles. The van der Waals surface area contributed by atoms with Gasteiger partial charge in [-0.25, -0.2) is 4.98 Å². The summed E-state index contributed by atoms with van der Waals surface area (Å²) in [5, 5.41) is 4.37. The summed E-state index contributed by atoms with van der Waals surface area (Å²) < 4.78 is 12.6. The number of piperidine rings is 1. The Hall–Kier alpha value is -1.77. The van der Waals surface area contributed by atoms with Gasteiger partial charge in [0.1, 0.15) is 12.1 Å². The lowest BCUT2D eigenvalue weighted by molar-refractivity contribution is 0.0296. The van der Waals surface area contributed by atoms with E-state index in [0.717, 1.165) is 57.4 Å². The number of ether oxygens (including phenoxy) is 2. The first-order valence-electron chi connectivity index (χ1n) is 9.07. The van der Waals surface area contributed by atoms with Gasteiger partial charge in [0.05, 0.1) is 25.5 Å². The van der Waals surface area contributed by atoms with E-state index in [-0.39, 0.29) is 0 Å². The van der Waals surface area contributed by atoms with E-state index in [1.807, 2.05) is 4.52 Å². The number of nitrogens with zero attached hydrogens (tertiary/aromatic N) is 6. The minimum absolute atomic E-state index is 0.488. The number of methoxy groups -OCH3 is 1. The monoisotopic (exact) mass is 346 g/mol. The molecule has 2 aromatic heterocycles. The molecule has 0 aliphatic carbocycles. The van der Waals surface area contributed by atoms with Gasteiger partial charge in [-0.15, -0.1) is 0 Å². The Morgan fingerprint density at radius 2 is 2.16 bits per heavy atom. The number of hydrogen-bond acceptors (Lipinski definition) is 7. The molecule has 0 saturated carbocycles. The highest BCUT2D eigenvalue weighted by molar-refractivity contribution is 5.47. The van der Waals surface area contributed by atoms with Gasteiger partial charge >= 0.3 is 0 Å². The van der Waals surface area contributed by atoms with Crippen molar-refractivity contribution in [3.05, 3.63) is 18.1 Å². The minimum Gasteiger partial charge on any atom is -0.379 e. The average Bonchev–Trinajstić information content (AvgIpc) is 3.11. The number of rotatable bonds is 5. The van der Waals surface area contributed by atoms with Crippen LogP contribution in [0.5, 0.6) is 0 Å². The molecule has 0 amide bonds. The van der Waals surface area contributed by atoms with Crippen molar-refractivity contribution in [2.24, 2.45) is 5.92 Å². The molecule has 0 spiro atoms. The fourth-order valence-corrected chi connectivity index (χ4v) is 3.86. The van der Waals surface area contributed by atoms with Crippen molar-refractivity contribution in [2.75, 3.05) is 57.9 Å². The van der Waals surface area contributed by atoms with E-state index in [4.69, 9.17) is 9.47 Å². The fourth-order valence-electron chi connectivity index (χ4n) is 3.86. The first kappa shape index (κ1) is 16.7. The largest absolute Gasteiger partial charge is 0.379 e. The highest BCUT2D eigenvalue weighted by Crippen LogP contribution is 2.25. The van der Waals surface area contributed by atoms with Gasteiger partial charge in [0.25, 0.3) is 5.78 Å². The Labute approximate surface area is 147 Å². The van der Waals surface area contributed by atoms with Crippen LogP contribution in [0.3, 0.4) is 0 Å². The maximum atomic E-state index is 5.47. The third-order valence-electron chi connectivity index (χ3n) is 5.04. The second kappa shape index (κ2) is 7.63. The van der Waals surface area contributed by atoms with Crippen LogP contribution in [0.25, 0.3) is 5.78 Å². The smallest absolute Gasteiger partial charge is 0.254 e. The second-order valence-electron chi connectivity index (χ2n) is 6.88. The zero-order chi connectivity index (χ0) is 17.1. The number of fused-ring (bicyclic) bond motifs is 1. The normalized spacial score (nSPS) is 22.6. The zero-order valence-electron chi connectivity index (χ0n) is 14.8. The SMILES string of the molecule is COCc1cc(N2CCCC(CN3CCOCC3)C2)n2ncnc2n1. The number of morpholine rings is 1. The molecule has 2 saturated heterocycles. The summed E-state index contributed by atoms with van der Waals surface area (Å²) in [6.45, 7) is 7.56. The molecule has 0 bridgehead atoms. The summed E-state index contributed by atoms with van der Waals surface area (Å²) in [6, 6.07) is 2.09. The molecule has 25 heavy (non-hydrogen) atoms. The fraction of sp³-hybridized carbons (Fsp3) is 0.706. The van der Waals surface area contributed by atoms with Gasteiger partial charge in [-0.2, -0.15) is 14.6 Å². The topological polar surface area (TPSA) is 68.0 Å². The Balaban J connectivity index is 1.52. The lowest BCUT2D eigenvalue weighted by Gasteiger charge is -2.37. The van der Waals surface area contributed by atoms with Crippen molar-refractivity contribution >= 4 is 11.6 Å². The molecule has 8 nitrogen and oxygen atoms in total. The maximum absolute atomic E-state index is 5.47. The third kappa shape index (κ3) is 3.75. The van der Waals surface area contributed by atoms with E-state index < -0.39 is 0 Å². The first-order valence-corrected chi connectivity index (χ1v) is 9.07. The number of anilines is 1. The molecule has 0 aromatic carbocycles. The highest BCUT2D eigenvalue weighted by atomic mass is 16.5. The quantitative estimate of drug-likeness (QED) is 0.794. The Bertz CT molecular complexity index is 700. The van der Waals surface area contributed by atoms with Crippen LogP contribution in [0, 0.1) is 5.92 Å². The minimum atomic E-state index is 0.488. The Morgan fingerprint density at radius 3 is 3.00 bits per heavy atom. The van der Waals surface area contributed by atoms with Gasteiger partial charge in [-0.3, -0.25) is 4.90 Å². The van der Waals surface area contributed by atoms with E-state index in [0.29, 0.717) is 18.3 Å². The van der Waals surface area contributed by atoms with Crippen molar-refractivity contribution < 1.29 is 9.47 Å². The van der Waals surface area contributed by atoms with Crippen molar-refractivity contribution in [1.29, 1.82) is 0 Å². The molecule has 4 rings (SSSR count). The van der Waals surface area contributed by atoms with E-state index in [2.05, 4.69) is 30.9 Å². The van der Waals surface area contributed by atoms with Gasteiger partial charge in [0.2, 0.25) is 0 Å². The molecule has 2 fully saturated rings. The van der Waals surface area contributed by atoms with Crippen LogP contribution in [-0.2, 0) is 16.1 Å². The van der Waals surface area contributed by atoms with Gasteiger partial charge in [0, 0.05) is 45.9 Å². The zero-order valence-corrected chi connectivity index (χ0v) is 14.8. The molecule has 136 valence electrons. The van der Waals surface area contributed by atoms with Gasteiger partial charge in [-0.05, 0) is 18.8 Å². The van der Waals surface area contributed by atoms with Gasteiger partial charge in [0.15, 0.2) is 0 Å². The van der Waals surface area contributed by atoms with Crippen molar-refractivity contribution in [3.8, 4) is 0 Å². The third-order valence-corrected chi connectivity index (χ3v) is 5.04. The van der Waals surface area contributed by atoms with Gasteiger partial charge in [-0.1, -0.05) is 0 Å². The van der Waals surface area contributed by atoms with Crippen molar-refractivity contribution in [2.45, 2.75) is 19.4 Å². The summed E-state index contributed by atoms with van der Waals surface area (Å²) in [7, 11) is 1.69. The van der Waals surface area contributed by atoms with Crippen molar-refractivity contribution in [3.63, 3.8) is 0 Å². The Kier molecular flexibility index (Phi) is 5.09. The van der Waals surface area contributed by atoms with Crippen LogP contribution in [-0.4, -0.2) is 77.5 Å². The summed E-state index contributed by atoms with van der Waals surface area (Å²) >= 11 is 0. The number of aromatic nitrogens is 4. The lowest BCUT2D eigenvalue weighted by atomic mass is 9.97. The molecular weight excluding hydrogens is 320 g/mol. The van der Waals surface area contributed by atoms with Crippen LogP contribution in [0.15, 0.2) is 12.4 Å². The maximum Gasteiger partial charge on any atom is 0.254 e. The summed E-state index contributed by atoms with van der Waals surface area (Å²) in [6.07, 6.45) is 4.05. The lowest BCUT2D eigenvalue weighted by Crippen LogP contribution is -2.45. The predicted octanol–water partition coefficient (Wildman–Crippen LogP) is 0.819. The van der Waals surface area contributed by atoms with E-state index >= 15 is 0 Å². The molecule has 4 heterocycles. The van der Waals surface area contributed by atoms with E-state index in [1.54, 1.807) is 13.4 Å². The van der Waals surface area contributed by atoms with Crippen LogP contribution in [0.4, 0.5) is 5.82 Å². The number of hydrogen-bond donors (Lipinski definition) is 0. The molecule has 2 aliphatic rings. The van der Waals surface area contributed by atoms with Crippen LogP contribution in [0.2, 0.25) is 0 Å². The molecule has 2 aromatic rings. The molecule has 0 N–H and O–H groups in total. The van der Waals surface area contributed by atoms with Crippen LogP contribution < -0.4 is 4.90 Å². The summed E-state index contributed by atoms with van der Waals surface area (Å²) in [4.78, 5) is 13.7. The average molecular weight is 346 g/mol. The molecular formula is C17H26N6O2. The highest BCUT2D eigenvalue weighted by Gasteiger charge is 2.25. The second-order valence-corrected chi connectivity index (χ2v) is 6.88. The standard InChI is InChI=1S/C17H26N6O2/c1-24-12-15-9-16(23-17(20-15)18-13-19-23)22-4-2-3-14(11-22)10-21-5-7-25-8-6-21/h9,13-14H,2-8,10-12H2,1H3. The van der Waals surface area contributed by atoms with Gasteiger partial charge < -0.3 is 14.4 Å². The van der Waals surface area contributed by atoms with Crippen LogP contribution >= 0.6 is 0 Å². The van der Waals surface area contributed by atoms with E-state index in [1.165, 1.54) is 12.8 Å². The summed E-state index contributed by atoms with van der Waals surface area (Å²) in [5.41, 5.74) is 0.897. The first-order chi connectivity index (χ1) is 12.3. The van der Waals surface area contributed by atoms with Crippen molar-refractivity contribution in [1.82, 2.24) is 24.5 Å². The predicted molar refractivity (Wildman–Crippen MR) is 93.7 cm³/mol. The Morgan fingerprint density at radius 1 is 1.28 bits per heavy atom.